The number of benzene rings is 2. The Hall–Kier alpha value is -4.20. The van der Waals surface area contributed by atoms with Gasteiger partial charge in [-0.25, -0.2) is 9.59 Å². The number of carbonyl (C=O) groups is 4. The first-order valence-electron chi connectivity index (χ1n) is 10.0. The topological polar surface area (TPSA) is 101 Å². The molecule has 0 bridgehead atoms. The Morgan fingerprint density at radius 2 is 1.45 bits per heavy atom. The summed E-state index contributed by atoms with van der Waals surface area (Å²) in [6.45, 7) is 3.38. The summed E-state index contributed by atoms with van der Waals surface area (Å²) in [4.78, 5) is 47.9. The average Bonchev–Trinajstić information content (AvgIpc) is 3.15. The van der Waals surface area contributed by atoms with Crippen LogP contribution in [-0.2, 0) is 9.47 Å². The fraction of sp³-hybridized carbons (Fsp3) is 0.200. The Morgan fingerprint density at radius 1 is 0.879 bits per heavy atom. The van der Waals surface area contributed by atoms with Crippen LogP contribution in [0.25, 0.3) is 5.69 Å². The molecule has 2 aromatic carbocycles. The summed E-state index contributed by atoms with van der Waals surface area (Å²) in [6, 6.07) is 12.7. The largest absolute Gasteiger partial charge is 0.485 e. The van der Waals surface area contributed by atoms with Crippen molar-refractivity contribution in [3.63, 3.8) is 0 Å². The van der Waals surface area contributed by atoms with Gasteiger partial charge >= 0.3 is 11.9 Å². The fourth-order valence-corrected chi connectivity index (χ4v) is 3.52. The van der Waals surface area contributed by atoms with Gasteiger partial charge in [0.2, 0.25) is 5.78 Å². The number of hydrogen-bond donors (Lipinski definition) is 0. The van der Waals surface area contributed by atoms with Gasteiger partial charge in [0.1, 0.15) is 12.0 Å². The second-order valence-electron chi connectivity index (χ2n) is 7.27. The number of rotatable bonds is 8. The van der Waals surface area contributed by atoms with Crippen LogP contribution in [0.1, 0.15) is 52.8 Å². The van der Waals surface area contributed by atoms with E-state index in [4.69, 9.17) is 14.2 Å². The van der Waals surface area contributed by atoms with E-state index in [1.54, 1.807) is 54.0 Å². The van der Waals surface area contributed by atoms with Crippen molar-refractivity contribution in [2.45, 2.75) is 13.8 Å². The first kappa shape index (κ1) is 23.5. The Balaban J connectivity index is 1.93. The van der Waals surface area contributed by atoms with Gasteiger partial charge in [0.25, 0.3) is 0 Å². The number of methoxy groups -OCH3 is 2. The first-order chi connectivity index (χ1) is 15.8. The number of carbonyl (C=O) groups excluding carboxylic acids is 4. The van der Waals surface area contributed by atoms with Gasteiger partial charge in [0.15, 0.2) is 6.61 Å². The molecule has 1 aromatic heterocycles. The minimum Gasteiger partial charge on any atom is -0.485 e. The highest BCUT2D eigenvalue weighted by molar-refractivity contribution is 5.99. The predicted octanol–water partition coefficient (Wildman–Crippen LogP) is 3.74. The zero-order valence-electron chi connectivity index (χ0n) is 18.7. The Kier molecular flexibility index (Phi) is 7.07. The SMILES string of the molecule is COC(=O)c1cc(C(=O)OC)cc(-n2c(C)cc(C(=O)COc3ccc(C=O)cc3)c2C)c1. The highest BCUT2D eigenvalue weighted by Gasteiger charge is 2.20. The number of ether oxygens (including phenoxy) is 3. The fourth-order valence-electron chi connectivity index (χ4n) is 3.52. The van der Waals surface area contributed by atoms with Gasteiger partial charge in [0, 0.05) is 28.2 Å². The molecule has 0 aliphatic heterocycles. The Morgan fingerprint density at radius 3 is 1.97 bits per heavy atom. The van der Waals surface area contributed by atoms with Gasteiger partial charge in [-0.05, 0) is 62.4 Å². The molecule has 8 heteroatoms. The quantitative estimate of drug-likeness (QED) is 0.293. The molecule has 0 amide bonds. The maximum absolute atomic E-state index is 12.9. The summed E-state index contributed by atoms with van der Waals surface area (Å²) in [5, 5.41) is 0. The van der Waals surface area contributed by atoms with E-state index in [1.807, 2.05) is 6.92 Å². The van der Waals surface area contributed by atoms with Crippen molar-refractivity contribution in [3.05, 3.63) is 82.2 Å². The van der Waals surface area contributed by atoms with E-state index < -0.39 is 11.9 Å². The second-order valence-corrected chi connectivity index (χ2v) is 7.27. The third-order valence-electron chi connectivity index (χ3n) is 5.14. The van der Waals surface area contributed by atoms with Gasteiger partial charge in [-0.2, -0.15) is 0 Å². The maximum Gasteiger partial charge on any atom is 0.337 e. The van der Waals surface area contributed by atoms with Gasteiger partial charge in [-0.15, -0.1) is 0 Å². The number of aryl methyl sites for hydroxylation is 1. The van der Waals surface area contributed by atoms with Crippen LogP contribution in [0.15, 0.2) is 48.5 Å². The normalized spacial score (nSPS) is 10.4. The van der Waals surface area contributed by atoms with Crippen molar-refractivity contribution in [3.8, 4) is 11.4 Å². The monoisotopic (exact) mass is 449 g/mol. The number of nitrogens with zero attached hydrogens (tertiary/aromatic N) is 1. The molecule has 3 rings (SSSR count). The van der Waals surface area contributed by atoms with Crippen LogP contribution in [0.3, 0.4) is 0 Å². The molecule has 0 fully saturated rings. The van der Waals surface area contributed by atoms with Crippen LogP contribution < -0.4 is 4.74 Å². The molecule has 1 heterocycles. The number of ketones is 1. The molecular formula is C25H23NO7. The van der Waals surface area contributed by atoms with E-state index in [2.05, 4.69) is 0 Å². The van der Waals surface area contributed by atoms with E-state index in [0.717, 1.165) is 12.0 Å². The highest BCUT2D eigenvalue weighted by atomic mass is 16.5. The third-order valence-corrected chi connectivity index (χ3v) is 5.14. The minimum absolute atomic E-state index is 0.179. The molecule has 0 unspecified atom stereocenters. The number of Topliss-reactive ketones (excluding diaryl/α,β-unsaturated/α-hetero) is 1. The van der Waals surface area contributed by atoms with Gasteiger partial charge in [0.05, 0.1) is 25.3 Å². The molecule has 0 aliphatic carbocycles. The molecule has 0 saturated carbocycles. The molecule has 33 heavy (non-hydrogen) atoms. The molecule has 0 saturated heterocycles. The van der Waals surface area contributed by atoms with E-state index >= 15 is 0 Å². The molecular weight excluding hydrogens is 426 g/mol. The molecule has 0 spiro atoms. The average molecular weight is 449 g/mol. The predicted molar refractivity (Wildman–Crippen MR) is 120 cm³/mol. The van der Waals surface area contributed by atoms with Crippen molar-refractivity contribution in [1.82, 2.24) is 4.57 Å². The molecule has 0 radical (unpaired) electrons. The standard InChI is InChI=1S/C25H23NO7/c1-15-9-22(23(28)14-33-21-7-5-17(13-27)6-8-21)16(2)26(15)20-11-18(24(29)31-3)10-19(12-20)25(30)32-4/h5-13H,14H2,1-4H3. The second kappa shape index (κ2) is 9.95. The van der Waals surface area contributed by atoms with Crippen LogP contribution in [0.2, 0.25) is 0 Å². The summed E-state index contributed by atoms with van der Waals surface area (Å²) in [5.74, 6) is -0.980. The zero-order chi connectivity index (χ0) is 24.1. The van der Waals surface area contributed by atoms with Crippen molar-refractivity contribution >= 4 is 24.0 Å². The van der Waals surface area contributed by atoms with E-state index in [1.165, 1.54) is 20.3 Å². The molecule has 0 aliphatic rings. The number of aromatic nitrogens is 1. The lowest BCUT2D eigenvalue weighted by Gasteiger charge is -2.13. The van der Waals surface area contributed by atoms with E-state index in [9.17, 15) is 19.2 Å². The van der Waals surface area contributed by atoms with Crippen LogP contribution >= 0.6 is 0 Å². The van der Waals surface area contributed by atoms with E-state index in [0.29, 0.717) is 28.3 Å². The van der Waals surface area contributed by atoms with Crippen molar-refractivity contribution in [2.24, 2.45) is 0 Å². The summed E-state index contributed by atoms with van der Waals surface area (Å²) in [6.07, 6.45) is 0.727. The van der Waals surface area contributed by atoms with Gasteiger partial charge < -0.3 is 18.8 Å². The molecule has 8 nitrogen and oxygen atoms in total. The summed E-state index contributed by atoms with van der Waals surface area (Å²) < 4.78 is 16.9. The molecule has 0 N–H and O–H groups in total. The summed E-state index contributed by atoms with van der Waals surface area (Å²) >= 11 is 0. The first-order valence-corrected chi connectivity index (χ1v) is 10.0. The Bertz CT molecular complexity index is 1190. The number of hydrogen-bond acceptors (Lipinski definition) is 7. The van der Waals surface area contributed by atoms with Gasteiger partial charge in [-0.3, -0.25) is 9.59 Å². The zero-order valence-corrected chi connectivity index (χ0v) is 18.7. The molecule has 170 valence electrons. The van der Waals surface area contributed by atoms with E-state index in [-0.39, 0.29) is 23.5 Å². The van der Waals surface area contributed by atoms with Crippen LogP contribution in [0, 0.1) is 13.8 Å². The summed E-state index contributed by atoms with van der Waals surface area (Å²) in [7, 11) is 2.50. The highest BCUT2D eigenvalue weighted by Crippen LogP contribution is 2.24. The Labute approximate surface area is 190 Å². The van der Waals surface area contributed by atoms with Crippen molar-refractivity contribution < 1.29 is 33.4 Å². The third kappa shape index (κ3) is 5.01. The lowest BCUT2D eigenvalue weighted by molar-refractivity contribution is 0.0598. The molecule has 0 atom stereocenters. The van der Waals surface area contributed by atoms with Crippen LogP contribution in [0.4, 0.5) is 0 Å². The summed E-state index contributed by atoms with van der Waals surface area (Å²) in [5.41, 5.74) is 3.17. The maximum atomic E-state index is 12.9. The smallest absolute Gasteiger partial charge is 0.337 e. The molecule has 3 aromatic rings. The lowest BCUT2D eigenvalue weighted by Crippen LogP contribution is -2.13. The van der Waals surface area contributed by atoms with Crippen LogP contribution in [-0.4, -0.2) is 49.4 Å². The van der Waals surface area contributed by atoms with Gasteiger partial charge in [-0.1, -0.05) is 0 Å². The van der Waals surface area contributed by atoms with Crippen LogP contribution in [0.5, 0.6) is 5.75 Å². The number of aldehydes is 1. The minimum atomic E-state index is -0.602. The number of esters is 2. The lowest BCUT2D eigenvalue weighted by atomic mass is 10.1. The van der Waals surface area contributed by atoms with Crippen molar-refractivity contribution in [1.29, 1.82) is 0 Å². The van der Waals surface area contributed by atoms with Crippen molar-refractivity contribution in [2.75, 3.05) is 20.8 Å².